The van der Waals surface area contributed by atoms with Crippen LogP contribution < -0.4 is 4.90 Å². The van der Waals surface area contributed by atoms with E-state index in [0.717, 1.165) is 17.2 Å². The van der Waals surface area contributed by atoms with Gasteiger partial charge in [0.2, 0.25) is 0 Å². The molecule has 82 valence electrons. The molecule has 0 radical (unpaired) electrons. The van der Waals surface area contributed by atoms with Gasteiger partial charge in [-0.2, -0.15) is 0 Å². The number of hydrogen-bond donors (Lipinski definition) is 0. The standard InChI is InChI=1S/C11H16ClN3/c1-8-13-7-9(6-12)11(14-8)15(2)10-4-3-5-10/h7,10H,3-6H2,1-2H3. The van der Waals surface area contributed by atoms with Crippen molar-refractivity contribution in [3.63, 3.8) is 0 Å². The predicted octanol–water partition coefficient (Wildman–Crippen LogP) is 2.51. The summed E-state index contributed by atoms with van der Waals surface area (Å²) in [6, 6.07) is 0.640. The molecule has 15 heavy (non-hydrogen) atoms. The molecule has 2 rings (SSSR count). The minimum Gasteiger partial charge on any atom is -0.356 e. The summed E-state index contributed by atoms with van der Waals surface area (Å²) in [6.07, 6.45) is 5.69. The molecule has 1 saturated carbocycles. The molecule has 4 heteroatoms. The van der Waals surface area contributed by atoms with Crippen LogP contribution >= 0.6 is 11.6 Å². The lowest BCUT2D eigenvalue weighted by atomic mass is 9.92. The molecule has 1 fully saturated rings. The Bertz CT molecular complexity index is 350. The Hall–Kier alpha value is -0.830. The fourth-order valence-electron chi connectivity index (χ4n) is 1.83. The normalized spacial score (nSPS) is 16.2. The summed E-state index contributed by atoms with van der Waals surface area (Å²) in [5.74, 6) is 2.29. The van der Waals surface area contributed by atoms with Gasteiger partial charge in [-0.05, 0) is 26.2 Å². The summed E-state index contributed by atoms with van der Waals surface area (Å²) >= 11 is 5.89. The first kappa shape index (κ1) is 10.7. The summed E-state index contributed by atoms with van der Waals surface area (Å²) in [7, 11) is 2.10. The zero-order chi connectivity index (χ0) is 10.8. The van der Waals surface area contributed by atoms with Crippen LogP contribution in [0.3, 0.4) is 0 Å². The van der Waals surface area contributed by atoms with E-state index in [4.69, 9.17) is 11.6 Å². The van der Waals surface area contributed by atoms with E-state index in [9.17, 15) is 0 Å². The molecule has 0 saturated heterocycles. The van der Waals surface area contributed by atoms with Crippen molar-refractivity contribution >= 4 is 17.4 Å². The molecule has 1 aromatic heterocycles. The second-order valence-electron chi connectivity index (χ2n) is 4.10. The zero-order valence-electron chi connectivity index (χ0n) is 9.20. The number of halogens is 1. The van der Waals surface area contributed by atoms with E-state index in [1.807, 2.05) is 13.1 Å². The Balaban J connectivity index is 2.27. The molecule has 1 aromatic rings. The first-order chi connectivity index (χ1) is 7.22. The van der Waals surface area contributed by atoms with Gasteiger partial charge in [-0.15, -0.1) is 11.6 Å². The molecule has 0 amide bonds. The van der Waals surface area contributed by atoms with Gasteiger partial charge in [0.25, 0.3) is 0 Å². The van der Waals surface area contributed by atoms with E-state index in [-0.39, 0.29) is 0 Å². The lowest BCUT2D eigenvalue weighted by Crippen LogP contribution is -2.38. The topological polar surface area (TPSA) is 29.0 Å². The quantitative estimate of drug-likeness (QED) is 0.741. The third-order valence-corrected chi connectivity index (χ3v) is 3.35. The van der Waals surface area contributed by atoms with Gasteiger partial charge in [0, 0.05) is 24.8 Å². The number of hydrogen-bond acceptors (Lipinski definition) is 3. The highest BCUT2D eigenvalue weighted by Crippen LogP contribution is 2.29. The monoisotopic (exact) mass is 225 g/mol. The summed E-state index contributed by atoms with van der Waals surface area (Å²) in [4.78, 5) is 10.9. The second kappa shape index (κ2) is 4.35. The van der Waals surface area contributed by atoms with Crippen molar-refractivity contribution < 1.29 is 0 Å². The highest BCUT2D eigenvalue weighted by molar-refractivity contribution is 6.17. The van der Waals surface area contributed by atoms with Crippen LogP contribution in [0.25, 0.3) is 0 Å². The van der Waals surface area contributed by atoms with Gasteiger partial charge < -0.3 is 4.90 Å². The number of aryl methyl sites for hydroxylation is 1. The Morgan fingerprint density at radius 3 is 2.80 bits per heavy atom. The maximum atomic E-state index is 5.89. The Kier molecular flexibility index (Phi) is 3.10. The molecule has 0 N–H and O–H groups in total. The van der Waals surface area contributed by atoms with Crippen molar-refractivity contribution in [1.82, 2.24) is 9.97 Å². The smallest absolute Gasteiger partial charge is 0.136 e. The number of anilines is 1. The molecule has 1 aliphatic rings. The van der Waals surface area contributed by atoms with Gasteiger partial charge in [-0.1, -0.05) is 0 Å². The van der Waals surface area contributed by atoms with Crippen LogP contribution in [0, 0.1) is 6.92 Å². The average molecular weight is 226 g/mol. The lowest BCUT2D eigenvalue weighted by molar-refractivity contribution is 0.398. The molecule has 0 aliphatic heterocycles. The van der Waals surface area contributed by atoms with E-state index in [1.54, 1.807) is 0 Å². The van der Waals surface area contributed by atoms with Crippen LogP contribution in [0.2, 0.25) is 0 Å². The van der Waals surface area contributed by atoms with Crippen molar-refractivity contribution in [3.8, 4) is 0 Å². The van der Waals surface area contributed by atoms with E-state index in [1.165, 1.54) is 19.3 Å². The van der Waals surface area contributed by atoms with Gasteiger partial charge in [-0.3, -0.25) is 0 Å². The number of nitrogens with zero attached hydrogens (tertiary/aromatic N) is 3. The van der Waals surface area contributed by atoms with Crippen LogP contribution in [0.4, 0.5) is 5.82 Å². The van der Waals surface area contributed by atoms with Gasteiger partial charge in [0.05, 0.1) is 5.88 Å². The van der Waals surface area contributed by atoms with E-state index in [2.05, 4.69) is 21.9 Å². The van der Waals surface area contributed by atoms with Crippen LogP contribution in [0.1, 0.15) is 30.7 Å². The van der Waals surface area contributed by atoms with Crippen LogP contribution in [0.15, 0.2) is 6.20 Å². The lowest BCUT2D eigenvalue weighted by Gasteiger charge is -2.36. The molecule has 3 nitrogen and oxygen atoms in total. The summed E-state index contributed by atoms with van der Waals surface area (Å²) in [5.41, 5.74) is 1.02. The molecule has 0 bridgehead atoms. The third-order valence-electron chi connectivity index (χ3n) is 3.06. The third kappa shape index (κ3) is 2.07. The van der Waals surface area contributed by atoms with Crippen LogP contribution in [-0.4, -0.2) is 23.1 Å². The SMILES string of the molecule is Cc1ncc(CCl)c(N(C)C2CCC2)n1. The van der Waals surface area contributed by atoms with Gasteiger partial charge in [0.15, 0.2) is 0 Å². The molecular formula is C11H16ClN3. The van der Waals surface area contributed by atoms with Crippen molar-refractivity contribution in [1.29, 1.82) is 0 Å². The maximum Gasteiger partial charge on any atom is 0.136 e. The molecule has 1 aliphatic carbocycles. The van der Waals surface area contributed by atoms with Crippen molar-refractivity contribution in [2.45, 2.75) is 38.1 Å². The van der Waals surface area contributed by atoms with Gasteiger partial charge in [-0.25, -0.2) is 9.97 Å². The van der Waals surface area contributed by atoms with Crippen molar-refractivity contribution in [2.24, 2.45) is 0 Å². The maximum absolute atomic E-state index is 5.89. The number of alkyl halides is 1. The molecule has 0 unspecified atom stereocenters. The Morgan fingerprint density at radius 1 is 1.53 bits per heavy atom. The molecule has 0 atom stereocenters. The van der Waals surface area contributed by atoms with E-state index in [0.29, 0.717) is 11.9 Å². The van der Waals surface area contributed by atoms with Crippen LogP contribution in [0.5, 0.6) is 0 Å². The van der Waals surface area contributed by atoms with Crippen LogP contribution in [-0.2, 0) is 5.88 Å². The summed E-state index contributed by atoms with van der Waals surface area (Å²) in [5, 5.41) is 0. The second-order valence-corrected chi connectivity index (χ2v) is 4.36. The Labute approximate surface area is 95.5 Å². The zero-order valence-corrected chi connectivity index (χ0v) is 9.96. The Morgan fingerprint density at radius 2 is 2.27 bits per heavy atom. The average Bonchev–Trinajstić information content (AvgIpc) is 2.15. The molecule has 0 spiro atoms. The number of rotatable bonds is 3. The number of aromatic nitrogens is 2. The molecular weight excluding hydrogens is 210 g/mol. The van der Waals surface area contributed by atoms with E-state index < -0.39 is 0 Å². The summed E-state index contributed by atoms with van der Waals surface area (Å²) < 4.78 is 0. The van der Waals surface area contributed by atoms with E-state index >= 15 is 0 Å². The minimum absolute atomic E-state index is 0.479. The largest absolute Gasteiger partial charge is 0.356 e. The fraction of sp³-hybridized carbons (Fsp3) is 0.636. The molecule has 0 aromatic carbocycles. The van der Waals surface area contributed by atoms with Crippen molar-refractivity contribution in [2.75, 3.05) is 11.9 Å². The highest BCUT2D eigenvalue weighted by atomic mass is 35.5. The first-order valence-electron chi connectivity index (χ1n) is 5.33. The predicted molar refractivity (Wildman–Crippen MR) is 62.4 cm³/mol. The minimum atomic E-state index is 0.479. The highest BCUT2D eigenvalue weighted by Gasteiger charge is 2.24. The van der Waals surface area contributed by atoms with Gasteiger partial charge in [0.1, 0.15) is 11.6 Å². The van der Waals surface area contributed by atoms with Crippen molar-refractivity contribution in [3.05, 3.63) is 17.6 Å². The first-order valence-corrected chi connectivity index (χ1v) is 5.87. The van der Waals surface area contributed by atoms with Gasteiger partial charge >= 0.3 is 0 Å². The molecule has 1 heterocycles. The summed E-state index contributed by atoms with van der Waals surface area (Å²) in [6.45, 7) is 1.91. The fourth-order valence-corrected chi connectivity index (χ4v) is 2.02.